The average molecular weight is 333 g/mol. The Labute approximate surface area is 139 Å². The average Bonchev–Trinajstić information content (AvgIpc) is 3.08. The zero-order valence-corrected chi connectivity index (χ0v) is 13.7. The third-order valence-electron chi connectivity index (χ3n) is 4.04. The Morgan fingerprint density at radius 3 is 2.83 bits per heavy atom. The van der Waals surface area contributed by atoms with Crippen molar-refractivity contribution >= 4 is 29.1 Å². The lowest BCUT2D eigenvalue weighted by Gasteiger charge is -2.19. The van der Waals surface area contributed by atoms with Crippen LogP contribution < -0.4 is 10.2 Å². The van der Waals surface area contributed by atoms with E-state index in [0.717, 1.165) is 11.3 Å². The Bertz CT molecular complexity index is 753. The minimum Gasteiger partial charge on any atom is -0.467 e. The van der Waals surface area contributed by atoms with Gasteiger partial charge in [0.15, 0.2) is 0 Å². The molecule has 0 spiro atoms. The van der Waals surface area contributed by atoms with Crippen LogP contribution in [0.2, 0.25) is 5.02 Å². The van der Waals surface area contributed by atoms with Gasteiger partial charge in [0.2, 0.25) is 11.8 Å². The highest BCUT2D eigenvalue weighted by Crippen LogP contribution is 2.42. The van der Waals surface area contributed by atoms with E-state index in [1.54, 1.807) is 36.6 Å². The lowest BCUT2D eigenvalue weighted by molar-refractivity contribution is -0.125. The number of carbonyl (C=O) groups is 2. The molecule has 0 unspecified atom stereocenters. The molecular formula is C17H17ClN2O3. The van der Waals surface area contributed by atoms with Crippen LogP contribution in [0.25, 0.3) is 0 Å². The zero-order chi connectivity index (χ0) is 16.6. The van der Waals surface area contributed by atoms with E-state index in [9.17, 15) is 9.59 Å². The van der Waals surface area contributed by atoms with Crippen molar-refractivity contribution in [3.8, 4) is 0 Å². The molecule has 0 atom stereocenters. The van der Waals surface area contributed by atoms with Gasteiger partial charge < -0.3 is 14.6 Å². The number of carbonyl (C=O) groups excluding carboxylic acids is 2. The second kappa shape index (κ2) is 5.74. The van der Waals surface area contributed by atoms with Crippen LogP contribution in [0.1, 0.15) is 25.2 Å². The van der Waals surface area contributed by atoms with Crippen LogP contribution in [0.5, 0.6) is 0 Å². The predicted molar refractivity (Wildman–Crippen MR) is 87.4 cm³/mol. The van der Waals surface area contributed by atoms with Gasteiger partial charge >= 0.3 is 0 Å². The summed E-state index contributed by atoms with van der Waals surface area (Å²) in [7, 11) is 0. The van der Waals surface area contributed by atoms with Gasteiger partial charge in [0.05, 0.1) is 18.2 Å². The zero-order valence-electron chi connectivity index (χ0n) is 12.9. The Balaban J connectivity index is 1.75. The summed E-state index contributed by atoms with van der Waals surface area (Å²) in [6.07, 6.45) is 1.55. The second-order valence-electron chi connectivity index (χ2n) is 6.03. The second-order valence-corrected chi connectivity index (χ2v) is 6.47. The van der Waals surface area contributed by atoms with Gasteiger partial charge in [-0.2, -0.15) is 0 Å². The maximum Gasteiger partial charge on any atom is 0.240 e. The molecule has 0 bridgehead atoms. The molecule has 5 nitrogen and oxygen atoms in total. The molecule has 1 aliphatic rings. The standard InChI is InChI=1S/C17H17ClN2O3/c1-17(2)13-8-11(18)5-6-14(13)20(16(17)22)10-15(21)19-9-12-4-3-7-23-12/h3-8H,9-10H2,1-2H3,(H,19,21). The van der Waals surface area contributed by atoms with Crippen LogP contribution in [0.3, 0.4) is 0 Å². The van der Waals surface area contributed by atoms with Crippen LogP contribution in [-0.2, 0) is 21.5 Å². The number of anilines is 1. The number of rotatable bonds is 4. The first-order valence-corrected chi connectivity index (χ1v) is 7.68. The van der Waals surface area contributed by atoms with E-state index in [-0.39, 0.29) is 18.4 Å². The summed E-state index contributed by atoms with van der Waals surface area (Å²) in [6, 6.07) is 8.83. The van der Waals surface area contributed by atoms with Crippen molar-refractivity contribution in [2.75, 3.05) is 11.4 Å². The van der Waals surface area contributed by atoms with Crippen molar-refractivity contribution in [3.05, 3.63) is 52.9 Å². The molecule has 1 aliphatic heterocycles. The molecule has 120 valence electrons. The van der Waals surface area contributed by atoms with E-state index in [2.05, 4.69) is 5.32 Å². The number of hydrogen-bond donors (Lipinski definition) is 1. The summed E-state index contributed by atoms with van der Waals surface area (Å²) < 4.78 is 5.17. The highest BCUT2D eigenvalue weighted by Gasteiger charge is 2.44. The highest BCUT2D eigenvalue weighted by molar-refractivity contribution is 6.31. The molecule has 23 heavy (non-hydrogen) atoms. The maximum atomic E-state index is 12.6. The normalized spacial score (nSPS) is 15.6. The highest BCUT2D eigenvalue weighted by atomic mass is 35.5. The molecule has 0 aliphatic carbocycles. The first-order valence-electron chi connectivity index (χ1n) is 7.30. The van der Waals surface area contributed by atoms with Gasteiger partial charge in [-0.15, -0.1) is 0 Å². The smallest absolute Gasteiger partial charge is 0.240 e. The Hall–Kier alpha value is -2.27. The minimum absolute atomic E-state index is 0.0302. The topological polar surface area (TPSA) is 62.6 Å². The molecule has 1 aromatic carbocycles. The molecule has 1 aromatic heterocycles. The number of nitrogens with one attached hydrogen (secondary N) is 1. The third kappa shape index (κ3) is 2.84. The molecule has 0 saturated carbocycles. The largest absolute Gasteiger partial charge is 0.467 e. The molecule has 0 radical (unpaired) electrons. The number of fused-ring (bicyclic) bond motifs is 1. The van der Waals surface area contributed by atoms with Crippen molar-refractivity contribution < 1.29 is 14.0 Å². The third-order valence-corrected chi connectivity index (χ3v) is 4.28. The predicted octanol–water partition coefficient (Wildman–Crippen LogP) is 2.87. The van der Waals surface area contributed by atoms with Gasteiger partial charge in [0.1, 0.15) is 12.3 Å². The molecular weight excluding hydrogens is 316 g/mol. The Morgan fingerprint density at radius 2 is 2.13 bits per heavy atom. The van der Waals surface area contributed by atoms with Crippen LogP contribution in [0, 0.1) is 0 Å². The fourth-order valence-electron chi connectivity index (χ4n) is 2.76. The van der Waals surface area contributed by atoms with Crippen molar-refractivity contribution in [2.45, 2.75) is 25.8 Å². The van der Waals surface area contributed by atoms with Crippen LogP contribution >= 0.6 is 11.6 Å². The summed E-state index contributed by atoms with van der Waals surface area (Å²) in [4.78, 5) is 26.3. The number of halogens is 1. The van der Waals surface area contributed by atoms with Crippen molar-refractivity contribution in [1.82, 2.24) is 5.32 Å². The van der Waals surface area contributed by atoms with E-state index in [1.165, 1.54) is 4.90 Å². The van der Waals surface area contributed by atoms with Gasteiger partial charge in [-0.05, 0) is 49.7 Å². The van der Waals surface area contributed by atoms with E-state index < -0.39 is 5.41 Å². The maximum absolute atomic E-state index is 12.6. The molecule has 2 aromatic rings. The Kier molecular flexibility index (Phi) is 3.90. The lowest BCUT2D eigenvalue weighted by Crippen LogP contribution is -2.42. The van der Waals surface area contributed by atoms with E-state index >= 15 is 0 Å². The quantitative estimate of drug-likeness (QED) is 0.936. The van der Waals surface area contributed by atoms with Gasteiger partial charge in [-0.3, -0.25) is 9.59 Å². The van der Waals surface area contributed by atoms with E-state index in [1.807, 2.05) is 13.8 Å². The summed E-state index contributed by atoms with van der Waals surface area (Å²) in [5, 5.41) is 3.33. The van der Waals surface area contributed by atoms with E-state index in [0.29, 0.717) is 17.3 Å². The van der Waals surface area contributed by atoms with Crippen LogP contribution in [0.15, 0.2) is 41.0 Å². The summed E-state index contributed by atoms with van der Waals surface area (Å²) in [5.74, 6) is 0.315. The molecule has 6 heteroatoms. The summed E-state index contributed by atoms with van der Waals surface area (Å²) in [5.41, 5.74) is 0.882. The number of furan rings is 1. The first-order chi connectivity index (χ1) is 10.9. The molecule has 2 heterocycles. The number of hydrogen-bond acceptors (Lipinski definition) is 3. The minimum atomic E-state index is -0.693. The van der Waals surface area contributed by atoms with Crippen molar-refractivity contribution in [3.63, 3.8) is 0 Å². The number of nitrogens with zero attached hydrogens (tertiary/aromatic N) is 1. The van der Waals surface area contributed by atoms with Gasteiger partial charge in [-0.25, -0.2) is 0 Å². The Morgan fingerprint density at radius 1 is 1.35 bits per heavy atom. The van der Waals surface area contributed by atoms with Crippen LogP contribution in [-0.4, -0.2) is 18.4 Å². The molecule has 0 saturated heterocycles. The SMILES string of the molecule is CC1(C)C(=O)N(CC(=O)NCc2ccco2)c2ccc(Cl)cc21. The van der Waals surface area contributed by atoms with Gasteiger partial charge in [-0.1, -0.05) is 11.6 Å². The fraction of sp³-hybridized carbons (Fsp3) is 0.294. The summed E-state index contributed by atoms with van der Waals surface area (Å²) in [6.45, 7) is 3.94. The summed E-state index contributed by atoms with van der Waals surface area (Å²) >= 11 is 6.04. The van der Waals surface area contributed by atoms with Crippen molar-refractivity contribution in [1.29, 1.82) is 0 Å². The monoisotopic (exact) mass is 332 g/mol. The van der Waals surface area contributed by atoms with Gasteiger partial charge in [0, 0.05) is 10.7 Å². The molecule has 1 N–H and O–H groups in total. The molecule has 2 amide bonds. The lowest BCUT2D eigenvalue weighted by atomic mass is 9.86. The van der Waals surface area contributed by atoms with Crippen LogP contribution in [0.4, 0.5) is 5.69 Å². The molecule has 3 rings (SSSR count). The van der Waals surface area contributed by atoms with Gasteiger partial charge in [0.25, 0.3) is 0 Å². The first kappa shape index (κ1) is 15.6. The fourth-order valence-corrected chi connectivity index (χ4v) is 2.93. The number of amides is 2. The van der Waals surface area contributed by atoms with E-state index in [4.69, 9.17) is 16.0 Å². The number of benzene rings is 1. The molecule has 0 fully saturated rings. The van der Waals surface area contributed by atoms with Crippen molar-refractivity contribution in [2.24, 2.45) is 0 Å².